The first-order chi connectivity index (χ1) is 9.22. The van der Waals surface area contributed by atoms with Gasteiger partial charge in [-0.3, -0.25) is 4.79 Å². The number of nitrogen functional groups attached to an aromatic ring is 1. The van der Waals surface area contributed by atoms with E-state index in [1.165, 1.54) is 31.7 Å². The minimum atomic E-state index is -0.209. The first-order valence-electron chi connectivity index (χ1n) is 6.71. The number of hydrogen-bond acceptors (Lipinski definition) is 5. The molecule has 1 aromatic heterocycles. The Morgan fingerprint density at radius 3 is 2.89 bits per heavy atom. The number of aromatic nitrogens is 2. The Bertz CT molecular complexity index is 438. The number of thioether (sulfide) groups is 1. The molecule has 19 heavy (non-hydrogen) atoms. The zero-order valence-corrected chi connectivity index (χ0v) is 11.9. The molecule has 3 N–H and O–H groups in total. The molecule has 1 amide bonds. The van der Waals surface area contributed by atoms with Gasteiger partial charge in [0.25, 0.3) is 5.91 Å². The summed E-state index contributed by atoms with van der Waals surface area (Å²) in [5.74, 6) is 1.05. The number of nitrogens with two attached hydrogens (primary N) is 1. The van der Waals surface area contributed by atoms with Crippen molar-refractivity contribution >= 4 is 23.5 Å². The van der Waals surface area contributed by atoms with Gasteiger partial charge in [-0.15, -0.1) is 0 Å². The molecule has 2 atom stereocenters. The largest absolute Gasteiger partial charge is 0.382 e. The average Bonchev–Trinajstić information content (AvgIpc) is 2.41. The third kappa shape index (κ3) is 3.59. The summed E-state index contributed by atoms with van der Waals surface area (Å²) < 4.78 is 0. The van der Waals surface area contributed by atoms with Crippen LogP contribution in [-0.2, 0) is 0 Å². The van der Waals surface area contributed by atoms with Crippen LogP contribution in [0.2, 0.25) is 0 Å². The Hall–Kier alpha value is -1.30. The molecule has 0 aromatic carbocycles. The zero-order chi connectivity index (χ0) is 13.7. The highest BCUT2D eigenvalue weighted by atomic mass is 32.2. The van der Waals surface area contributed by atoms with Crippen LogP contribution in [-0.4, -0.2) is 32.9 Å². The van der Waals surface area contributed by atoms with E-state index in [1.807, 2.05) is 11.8 Å². The number of carbonyl (C=O) groups is 1. The Kier molecular flexibility index (Phi) is 5.01. The molecular formula is C13H20N4OS. The van der Waals surface area contributed by atoms with Gasteiger partial charge < -0.3 is 11.1 Å². The van der Waals surface area contributed by atoms with Gasteiger partial charge in [0.15, 0.2) is 11.5 Å². The van der Waals surface area contributed by atoms with Gasteiger partial charge in [0.2, 0.25) is 0 Å². The minimum Gasteiger partial charge on any atom is -0.382 e. The van der Waals surface area contributed by atoms with Gasteiger partial charge in [0, 0.05) is 23.7 Å². The van der Waals surface area contributed by atoms with Gasteiger partial charge >= 0.3 is 0 Å². The van der Waals surface area contributed by atoms with Crippen molar-refractivity contribution in [2.24, 2.45) is 0 Å². The number of hydrogen-bond donors (Lipinski definition) is 2. The summed E-state index contributed by atoms with van der Waals surface area (Å²) in [6, 6.07) is 0.215. The van der Waals surface area contributed by atoms with E-state index < -0.39 is 0 Å². The summed E-state index contributed by atoms with van der Waals surface area (Å²) in [5, 5.41) is 3.57. The smallest absolute Gasteiger partial charge is 0.273 e. The first kappa shape index (κ1) is 14.1. The third-order valence-electron chi connectivity index (χ3n) is 3.34. The van der Waals surface area contributed by atoms with Crippen LogP contribution < -0.4 is 11.1 Å². The minimum absolute atomic E-state index is 0.190. The molecule has 1 heterocycles. The molecule has 0 bridgehead atoms. The maximum atomic E-state index is 12.2. The predicted molar refractivity (Wildman–Crippen MR) is 78.1 cm³/mol. The van der Waals surface area contributed by atoms with Gasteiger partial charge in [-0.1, -0.05) is 19.8 Å². The molecule has 0 aliphatic heterocycles. The summed E-state index contributed by atoms with van der Waals surface area (Å²) in [5.41, 5.74) is 5.91. The fraction of sp³-hybridized carbons (Fsp3) is 0.615. The second-order valence-corrected chi connectivity index (χ2v) is 6.16. The number of nitrogens with one attached hydrogen (secondary N) is 1. The molecule has 1 fully saturated rings. The lowest BCUT2D eigenvalue weighted by atomic mass is 9.95. The molecule has 0 saturated heterocycles. The lowest BCUT2D eigenvalue weighted by Gasteiger charge is -2.31. The highest BCUT2D eigenvalue weighted by molar-refractivity contribution is 7.99. The lowest BCUT2D eigenvalue weighted by molar-refractivity contribution is 0.0925. The number of anilines is 1. The Balaban J connectivity index is 2.03. The average molecular weight is 280 g/mol. The van der Waals surface area contributed by atoms with Gasteiger partial charge in [0.1, 0.15) is 0 Å². The number of rotatable bonds is 4. The van der Waals surface area contributed by atoms with E-state index in [0.717, 1.165) is 12.2 Å². The van der Waals surface area contributed by atoms with Gasteiger partial charge in [-0.25, -0.2) is 9.97 Å². The molecule has 0 spiro atoms. The predicted octanol–water partition coefficient (Wildman–Crippen LogP) is 1.85. The molecule has 1 saturated carbocycles. The summed E-state index contributed by atoms with van der Waals surface area (Å²) >= 11 is 1.92. The number of amides is 1. The highest BCUT2D eigenvalue weighted by Crippen LogP contribution is 2.28. The lowest BCUT2D eigenvalue weighted by Crippen LogP contribution is -2.44. The van der Waals surface area contributed by atoms with Crippen LogP contribution in [0.25, 0.3) is 0 Å². The summed E-state index contributed by atoms with van der Waals surface area (Å²) in [4.78, 5) is 20.1. The van der Waals surface area contributed by atoms with E-state index in [4.69, 9.17) is 5.73 Å². The normalized spacial score (nSPS) is 23.0. The van der Waals surface area contributed by atoms with Crippen LogP contribution in [0.3, 0.4) is 0 Å². The van der Waals surface area contributed by atoms with Crippen LogP contribution in [0.1, 0.15) is 43.1 Å². The van der Waals surface area contributed by atoms with E-state index in [9.17, 15) is 4.79 Å². The van der Waals surface area contributed by atoms with Crippen molar-refractivity contribution in [1.29, 1.82) is 0 Å². The molecular weight excluding hydrogens is 260 g/mol. The molecule has 6 heteroatoms. The highest BCUT2D eigenvalue weighted by Gasteiger charge is 2.27. The van der Waals surface area contributed by atoms with E-state index in [0.29, 0.717) is 5.25 Å². The first-order valence-corrected chi connectivity index (χ1v) is 7.76. The number of carbonyl (C=O) groups excluding carboxylic acids is 1. The fourth-order valence-electron chi connectivity index (χ4n) is 2.44. The second kappa shape index (κ2) is 6.75. The van der Waals surface area contributed by atoms with Crippen LogP contribution in [0.15, 0.2) is 12.4 Å². The maximum Gasteiger partial charge on any atom is 0.273 e. The van der Waals surface area contributed by atoms with Gasteiger partial charge in [0.05, 0.1) is 0 Å². The van der Waals surface area contributed by atoms with Crippen molar-refractivity contribution in [3.63, 3.8) is 0 Å². The standard InChI is InChI=1S/C13H20N4OS/c1-2-19-10-6-4-3-5-9(10)17-13(18)11-12(14)16-8-7-15-11/h7-10H,2-6H2,1H3,(H2,14,16)(H,17,18)/t9-,10-/m0/s1. The quantitative estimate of drug-likeness (QED) is 0.879. The number of nitrogens with zero attached hydrogens (tertiary/aromatic N) is 2. The van der Waals surface area contributed by atoms with Crippen molar-refractivity contribution in [3.05, 3.63) is 18.1 Å². The zero-order valence-electron chi connectivity index (χ0n) is 11.1. The van der Waals surface area contributed by atoms with Crippen LogP contribution in [0.4, 0.5) is 5.82 Å². The molecule has 0 unspecified atom stereocenters. The van der Waals surface area contributed by atoms with Crippen LogP contribution >= 0.6 is 11.8 Å². The molecule has 1 aliphatic carbocycles. The van der Waals surface area contributed by atoms with E-state index >= 15 is 0 Å². The molecule has 104 valence electrons. The Morgan fingerprint density at radius 2 is 2.16 bits per heavy atom. The van der Waals surface area contributed by atoms with Crippen LogP contribution in [0, 0.1) is 0 Å². The Morgan fingerprint density at radius 1 is 1.42 bits per heavy atom. The second-order valence-electron chi connectivity index (χ2n) is 4.65. The third-order valence-corrected chi connectivity index (χ3v) is 4.67. The van der Waals surface area contributed by atoms with Crippen molar-refractivity contribution in [3.8, 4) is 0 Å². The van der Waals surface area contributed by atoms with Crippen molar-refractivity contribution in [1.82, 2.24) is 15.3 Å². The van der Waals surface area contributed by atoms with E-state index in [-0.39, 0.29) is 23.5 Å². The van der Waals surface area contributed by atoms with Crippen molar-refractivity contribution in [2.45, 2.75) is 43.9 Å². The van der Waals surface area contributed by atoms with Crippen molar-refractivity contribution in [2.75, 3.05) is 11.5 Å². The van der Waals surface area contributed by atoms with Crippen molar-refractivity contribution < 1.29 is 4.79 Å². The molecule has 5 nitrogen and oxygen atoms in total. The van der Waals surface area contributed by atoms with Gasteiger partial charge in [-0.05, 0) is 18.6 Å². The SMILES string of the molecule is CCS[C@H]1CCCC[C@@H]1NC(=O)c1nccnc1N. The topological polar surface area (TPSA) is 80.9 Å². The Labute approximate surface area is 117 Å². The van der Waals surface area contributed by atoms with E-state index in [2.05, 4.69) is 22.2 Å². The summed E-state index contributed by atoms with van der Waals surface area (Å²) in [7, 11) is 0. The summed E-state index contributed by atoms with van der Waals surface area (Å²) in [6.45, 7) is 2.15. The summed E-state index contributed by atoms with van der Waals surface area (Å²) in [6.07, 6.45) is 7.59. The van der Waals surface area contributed by atoms with Crippen LogP contribution in [0.5, 0.6) is 0 Å². The van der Waals surface area contributed by atoms with E-state index in [1.54, 1.807) is 0 Å². The molecule has 1 aromatic rings. The van der Waals surface area contributed by atoms with Gasteiger partial charge in [-0.2, -0.15) is 11.8 Å². The molecule has 0 radical (unpaired) electrons. The monoisotopic (exact) mass is 280 g/mol. The molecule has 1 aliphatic rings. The maximum absolute atomic E-state index is 12.2. The molecule has 2 rings (SSSR count). The fourth-order valence-corrected chi connectivity index (χ4v) is 3.63.